The lowest BCUT2D eigenvalue weighted by Crippen LogP contribution is -2.40. The molecule has 5 nitrogen and oxygen atoms in total. The van der Waals surface area contributed by atoms with Crippen molar-refractivity contribution in [2.24, 2.45) is 5.92 Å². The SMILES string of the molecule is CCNCC1CCN(C(=O)c2ccc(COC)o2)CC1.Cl. The number of hydrogen-bond acceptors (Lipinski definition) is 4. The fourth-order valence-electron chi connectivity index (χ4n) is 2.56. The zero-order valence-corrected chi connectivity index (χ0v) is 13.6. The summed E-state index contributed by atoms with van der Waals surface area (Å²) in [7, 11) is 1.61. The standard InChI is InChI=1S/C15H24N2O3.ClH/c1-3-16-10-12-6-8-17(9-7-12)15(18)14-5-4-13(20-14)11-19-2;/h4-5,12,16H,3,6-11H2,1-2H3;1H. The summed E-state index contributed by atoms with van der Waals surface area (Å²) in [6, 6.07) is 3.54. The summed E-state index contributed by atoms with van der Waals surface area (Å²) in [6.45, 7) is 6.21. The molecular weight excluding hydrogens is 292 g/mol. The molecule has 1 N–H and O–H groups in total. The number of rotatable bonds is 6. The lowest BCUT2D eigenvalue weighted by Gasteiger charge is -2.31. The van der Waals surface area contributed by atoms with Crippen LogP contribution in [-0.2, 0) is 11.3 Å². The molecule has 6 heteroatoms. The summed E-state index contributed by atoms with van der Waals surface area (Å²) in [6.07, 6.45) is 2.12. The van der Waals surface area contributed by atoms with Gasteiger partial charge in [-0.25, -0.2) is 0 Å². The number of ether oxygens (including phenoxy) is 1. The molecule has 21 heavy (non-hydrogen) atoms. The topological polar surface area (TPSA) is 54.7 Å². The molecule has 0 aromatic carbocycles. The van der Waals surface area contributed by atoms with Crippen molar-refractivity contribution in [3.63, 3.8) is 0 Å². The Balaban J connectivity index is 0.00000220. The highest BCUT2D eigenvalue weighted by atomic mass is 35.5. The highest BCUT2D eigenvalue weighted by Crippen LogP contribution is 2.19. The second-order valence-electron chi connectivity index (χ2n) is 5.24. The number of piperidine rings is 1. The van der Waals surface area contributed by atoms with Gasteiger partial charge >= 0.3 is 0 Å². The van der Waals surface area contributed by atoms with Gasteiger partial charge in [0.25, 0.3) is 5.91 Å². The molecule has 120 valence electrons. The van der Waals surface area contributed by atoms with Crippen molar-refractivity contribution in [1.29, 1.82) is 0 Å². The molecule has 0 atom stereocenters. The van der Waals surface area contributed by atoms with E-state index in [1.807, 2.05) is 4.90 Å². The molecule has 0 aliphatic carbocycles. The lowest BCUT2D eigenvalue weighted by atomic mass is 9.96. The summed E-state index contributed by atoms with van der Waals surface area (Å²) >= 11 is 0. The minimum absolute atomic E-state index is 0. The Morgan fingerprint density at radius 1 is 1.43 bits per heavy atom. The maximum Gasteiger partial charge on any atom is 0.289 e. The van der Waals surface area contributed by atoms with E-state index < -0.39 is 0 Å². The van der Waals surface area contributed by atoms with E-state index in [2.05, 4.69) is 12.2 Å². The molecule has 1 fully saturated rings. The van der Waals surface area contributed by atoms with Crippen molar-refractivity contribution in [2.45, 2.75) is 26.4 Å². The van der Waals surface area contributed by atoms with Crippen LogP contribution in [0.2, 0.25) is 0 Å². The third kappa shape index (κ3) is 5.02. The Kier molecular flexibility index (Phi) is 7.78. The Labute approximate surface area is 132 Å². The molecule has 0 saturated carbocycles. The first-order valence-corrected chi connectivity index (χ1v) is 7.32. The summed E-state index contributed by atoms with van der Waals surface area (Å²) in [5.74, 6) is 1.79. The quantitative estimate of drug-likeness (QED) is 0.875. The molecule has 2 heterocycles. The van der Waals surface area contributed by atoms with Gasteiger partial charge in [0, 0.05) is 20.2 Å². The van der Waals surface area contributed by atoms with Gasteiger partial charge in [-0.05, 0) is 44.0 Å². The van der Waals surface area contributed by atoms with E-state index in [0.717, 1.165) is 39.0 Å². The molecule has 1 aromatic rings. The van der Waals surface area contributed by atoms with Gasteiger partial charge < -0.3 is 19.4 Å². The van der Waals surface area contributed by atoms with Crippen LogP contribution in [0.4, 0.5) is 0 Å². The second kappa shape index (κ2) is 9.07. The molecule has 1 aliphatic heterocycles. The maximum absolute atomic E-state index is 12.3. The van der Waals surface area contributed by atoms with Gasteiger partial charge in [-0.1, -0.05) is 6.92 Å². The number of likely N-dealkylation sites (tertiary alicyclic amines) is 1. The van der Waals surface area contributed by atoms with Gasteiger partial charge in [0.1, 0.15) is 12.4 Å². The third-order valence-corrected chi connectivity index (χ3v) is 3.74. The number of nitrogens with one attached hydrogen (secondary N) is 1. The number of carbonyl (C=O) groups is 1. The summed E-state index contributed by atoms with van der Waals surface area (Å²) in [4.78, 5) is 14.2. The van der Waals surface area contributed by atoms with E-state index in [1.54, 1.807) is 19.2 Å². The molecule has 1 saturated heterocycles. The van der Waals surface area contributed by atoms with Crippen LogP contribution in [0.5, 0.6) is 0 Å². The van der Waals surface area contributed by atoms with Crippen LogP contribution in [0.3, 0.4) is 0 Å². The smallest absolute Gasteiger partial charge is 0.289 e. The van der Waals surface area contributed by atoms with E-state index in [-0.39, 0.29) is 18.3 Å². The summed E-state index contributed by atoms with van der Waals surface area (Å²) in [5.41, 5.74) is 0. The first-order valence-electron chi connectivity index (χ1n) is 7.32. The highest BCUT2D eigenvalue weighted by Gasteiger charge is 2.25. The van der Waals surface area contributed by atoms with Crippen molar-refractivity contribution in [3.8, 4) is 0 Å². The van der Waals surface area contributed by atoms with Gasteiger partial charge in [0.15, 0.2) is 5.76 Å². The fraction of sp³-hybridized carbons (Fsp3) is 0.667. The monoisotopic (exact) mass is 316 g/mol. The van der Waals surface area contributed by atoms with Gasteiger partial charge in [-0.2, -0.15) is 0 Å². The molecule has 1 aromatic heterocycles. The first-order chi connectivity index (χ1) is 9.74. The van der Waals surface area contributed by atoms with Crippen LogP contribution in [0.1, 0.15) is 36.1 Å². The number of carbonyl (C=O) groups excluding carboxylic acids is 1. The Bertz CT molecular complexity index is 428. The predicted molar refractivity (Wildman–Crippen MR) is 83.8 cm³/mol. The Hall–Kier alpha value is -1.04. The number of halogens is 1. The molecule has 0 spiro atoms. The molecule has 2 rings (SSSR count). The molecule has 0 bridgehead atoms. The largest absolute Gasteiger partial charge is 0.453 e. The minimum Gasteiger partial charge on any atom is -0.453 e. The summed E-state index contributed by atoms with van der Waals surface area (Å²) < 4.78 is 10.5. The zero-order chi connectivity index (χ0) is 14.4. The van der Waals surface area contributed by atoms with Gasteiger partial charge in [-0.3, -0.25) is 4.79 Å². The van der Waals surface area contributed by atoms with Crippen molar-refractivity contribution in [2.75, 3.05) is 33.3 Å². The van der Waals surface area contributed by atoms with E-state index >= 15 is 0 Å². The van der Waals surface area contributed by atoms with Crippen LogP contribution < -0.4 is 5.32 Å². The van der Waals surface area contributed by atoms with E-state index in [4.69, 9.17) is 9.15 Å². The van der Waals surface area contributed by atoms with E-state index in [0.29, 0.717) is 24.0 Å². The Morgan fingerprint density at radius 3 is 2.76 bits per heavy atom. The molecule has 0 unspecified atom stereocenters. The van der Waals surface area contributed by atoms with Gasteiger partial charge in [0.05, 0.1) is 0 Å². The van der Waals surface area contributed by atoms with Gasteiger partial charge in [0.2, 0.25) is 0 Å². The molecule has 0 radical (unpaired) electrons. The summed E-state index contributed by atoms with van der Waals surface area (Å²) in [5, 5.41) is 3.38. The lowest BCUT2D eigenvalue weighted by molar-refractivity contribution is 0.0651. The molecule has 1 aliphatic rings. The number of hydrogen-bond donors (Lipinski definition) is 1. The van der Waals surface area contributed by atoms with Crippen LogP contribution in [0.15, 0.2) is 16.5 Å². The second-order valence-corrected chi connectivity index (χ2v) is 5.24. The zero-order valence-electron chi connectivity index (χ0n) is 12.8. The first kappa shape index (κ1) is 18.0. The van der Waals surface area contributed by atoms with Crippen molar-refractivity contribution < 1.29 is 13.9 Å². The van der Waals surface area contributed by atoms with Crippen LogP contribution in [0.25, 0.3) is 0 Å². The molecule has 1 amide bonds. The van der Waals surface area contributed by atoms with Crippen molar-refractivity contribution in [3.05, 3.63) is 23.7 Å². The average Bonchev–Trinajstić information content (AvgIpc) is 2.94. The maximum atomic E-state index is 12.3. The van der Waals surface area contributed by atoms with Crippen LogP contribution >= 0.6 is 12.4 Å². The number of methoxy groups -OCH3 is 1. The number of amides is 1. The third-order valence-electron chi connectivity index (χ3n) is 3.74. The predicted octanol–water partition coefficient (Wildman–Crippen LogP) is 2.31. The van der Waals surface area contributed by atoms with E-state index in [1.165, 1.54) is 0 Å². The fourth-order valence-corrected chi connectivity index (χ4v) is 2.56. The minimum atomic E-state index is -0.00532. The molecular formula is C15H25ClN2O3. The van der Waals surface area contributed by atoms with Crippen molar-refractivity contribution >= 4 is 18.3 Å². The van der Waals surface area contributed by atoms with Crippen LogP contribution in [0, 0.1) is 5.92 Å². The van der Waals surface area contributed by atoms with Crippen LogP contribution in [-0.4, -0.2) is 44.1 Å². The Morgan fingerprint density at radius 2 is 2.14 bits per heavy atom. The highest BCUT2D eigenvalue weighted by molar-refractivity contribution is 5.91. The number of nitrogens with zero attached hydrogens (tertiary/aromatic N) is 1. The van der Waals surface area contributed by atoms with E-state index in [9.17, 15) is 4.79 Å². The normalized spacial score (nSPS) is 15.8. The average molecular weight is 317 g/mol. The van der Waals surface area contributed by atoms with Crippen molar-refractivity contribution in [1.82, 2.24) is 10.2 Å². The van der Waals surface area contributed by atoms with Gasteiger partial charge in [-0.15, -0.1) is 12.4 Å². The number of furan rings is 1.